The lowest BCUT2D eigenvalue weighted by Gasteiger charge is -1.96. The zero-order valence-corrected chi connectivity index (χ0v) is 7.28. The van der Waals surface area contributed by atoms with Crippen LogP contribution in [0.4, 0.5) is 0 Å². The van der Waals surface area contributed by atoms with Crippen LogP contribution in [0.5, 0.6) is 0 Å². The molecule has 0 atom stereocenters. The van der Waals surface area contributed by atoms with Crippen LogP contribution in [0.15, 0.2) is 29.5 Å². The number of aryl methyl sites for hydroxylation is 1. The molecule has 0 aliphatic carbocycles. The Morgan fingerprint density at radius 2 is 1.82 bits per heavy atom. The molecule has 0 N–H and O–H groups in total. The number of hydrogen-bond donors (Lipinski definition) is 0. The van der Waals surface area contributed by atoms with Crippen molar-refractivity contribution in [3.8, 4) is 0 Å². The fourth-order valence-electron chi connectivity index (χ4n) is 0.877. The average Bonchev–Trinajstić information content (AvgIpc) is 1.93. The second-order valence-electron chi connectivity index (χ2n) is 2.94. The average molecular weight is 150 g/mol. The van der Waals surface area contributed by atoms with Gasteiger partial charge in [-0.2, -0.15) is 0 Å². The largest absolute Gasteiger partial charge is 0.357 e. The van der Waals surface area contributed by atoms with Crippen molar-refractivity contribution in [2.75, 3.05) is 0 Å². The first-order valence-corrected chi connectivity index (χ1v) is 3.84. The molecule has 0 amide bonds. The van der Waals surface area contributed by atoms with Crippen LogP contribution < -0.4 is 5.36 Å². The lowest BCUT2D eigenvalue weighted by atomic mass is 10.4. The van der Waals surface area contributed by atoms with Gasteiger partial charge in [-0.25, -0.2) is 0 Å². The van der Waals surface area contributed by atoms with Crippen LogP contribution in [-0.4, -0.2) is 10.6 Å². The Kier molecular flexibility index (Phi) is 2.47. The highest BCUT2D eigenvalue weighted by molar-refractivity contribution is 4.92. The molecule has 0 aliphatic heterocycles. The van der Waals surface area contributed by atoms with Gasteiger partial charge >= 0.3 is 0 Å². The highest BCUT2D eigenvalue weighted by Crippen LogP contribution is 1.83. The molecule has 1 heterocycles. The summed E-state index contributed by atoms with van der Waals surface area (Å²) in [5, 5.41) is 1.05. The molecule has 0 aromatic carbocycles. The standard InChI is InChI=1S/C9H14N2/c1-8(2)10-9-4-6-11(3)7-5-9/h4-8H,1-3H3. The van der Waals surface area contributed by atoms with Crippen molar-refractivity contribution < 1.29 is 0 Å². The topological polar surface area (TPSA) is 17.3 Å². The smallest absolute Gasteiger partial charge is 0.0606 e. The van der Waals surface area contributed by atoms with E-state index in [2.05, 4.69) is 18.8 Å². The van der Waals surface area contributed by atoms with E-state index in [9.17, 15) is 0 Å². The fourth-order valence-corrected chi connectivity index (χ4v) is 0.877. The minimum atomic E-state index is 0.378. The third-order valence-corrected chi connectivity index (χ3v) is 1.37. The van der Waals surface area contributed by atoms with Gasteiger partial charge in [0.25, 0.3) is 0 Å². The minimum Gasteiger partial charge on any atom is -0.357 e. The third kappa shape index (κ3) is 2.58. The Labute approximate surface area is 67.2 Å². The van der Waals surface area contributed by atoms with Gasteiger partial charge in [0, 0.05) is 25.5 Å². The van der Waals surface area contributed by atoms with Crippen molar-refractivity contribution in [3.05, 3.63) is 29.9 Å². The molecule has 2 heteroatoms. The van der Waals surface area contributed by atoms with E-state index in [-0.39, 0.29) is 0 Å². The van der Waals surface area contributed by atoms with Crippen LogP contribution in [-0.2, 0) is 7.05 Å². The van der Waals surface area contributed by atoms with Crippen molar-refractivity contribution in [3.63, 3.8) is 0 Å². The molecule has 0 aliphatic rings. The fraction of sp³-hybridized carbons (Fsp3) is 0.444. The summed E-state index contributed by atoms with van der Waals surface area (Å²) in [6, 6.07) is 4.41. The summed E-state index contributed by atoms with van der Waals surface area (Å²) in [5.74, 6) is 0. The molecule has 0 fully saturated rings. The Bertz CT molecular complexity index is 263. The summed E-state index contributed by atoms with van der Waals surface area (Å²) in [6.07, 6.45) is 4.00. The van der Waals surface area contributed by atoms with Crippen molar-refractivity contribution in [2.24, 2.45) is 12.0 Å². The molecular formula is C9H14N2. The van der Waals surface area contributed by atoms with Gasteiger partial charge < -0.3 is 4.57 Å². The van der Waals surface area contributed by atoms with Crippen molar-refractivity contribution >= 4 is 0 Å². The molecular weight excluding hydrogens is 136 g/mol. The van der Waals surface area contributed by atoms with Gasteiger partial charge in [-0.1, -0.05) is 0 Å². The van der Waals surface area contributed by atoms with Gasteiger partial charge in [0.1, 0.15) is 0 Å². The van der Waals surface area contributed by atoms with Crippen LogP contribution in [0.2, 0.25) is 0 Å². The van der Waals surface area contributed by atoms with E-state index >= 15 is 0 Å². The molecule has 2 nitrogen and oxygen atoms in total. The van der Waals surface area contributed by atoms with Crippen LogP contribution in [0.1, 0.15) is 13.8 Å². The van der Waals surface area contributed by atoms with Crippen LogP contribution in [0.3, 0.4) is 0 Å². The highest BCUT2D eigenvalue weighted by atomic mass is 14.9. The maximum absolute atomic E-state index is 4.39. The predicted molar refractivity (Wildman–Crippen MR) is 46.1 cm³/mol. The lowest BCUT2D eigenvalue weighted by Crippen LogP contribution is -2.06. The zero-order valence-electron chi connectivity index (χ0n) is 7.28. The van der Waals surface area contributed by atoms with E-state index in [0.29, 0.717) is 6.04 Å². The molecule has 0 radical (unpaired) electrons. The Morgan fingerprint density at radius 3 is 2.27 bits per heavy atom. The van der Waals surface area contributed by atoms with E-state index in [1.165, 1.54) is 0 Å². The van der Waals surface area contributed by atoms with Gasteiger partial charge in [0.05, 0.1) is 5.36 Å². The first kappa shape index (κ1) is 8.05. The minimum absolute atomic E-state index is 0.378. The van der Waals surface area contributed by atoms with Crippen LogP contribution in [0.25, 0.3) is 0 Å². The molecule has 0 saturated carbocycles. The summed E-state index contributed by atoms with van der Waals surface area (Å²) in [4.78, 5) is 4.39. The van der Waals surface area contributed by atoms with Crippen LogP contribution >= 0.6 is 0 Å². The monoisotopic (exact) mass is 150 g/mol. The molecule has 1 aromatic rings. The summed E-state index contributed by atoms with van der Waals surface area (Å²) in [7, 11) is 2.00. The van der Waals surface area contributed by atoms with E-state index in [1.807, 2.05) is 36.1 Å². The lowest BCUT2D eigenvalue weighted by molar-refractivity contribution is 0.799. The van der Waals surface area contributed by atoms with Crippen LogP contribution in [0, 0.1) is 0 Å². The second kappa shape index (κ2) is 3.37. The molecule has 1 aromatic heterocycles. The molecule has 1 rings (SSSR count). The van der Waals surface area contributed by atoms with Gasteiger partial charge in [-0.3, -0.25) is 4.99 Å². The molecule has 11 heavy (non-hydrogen) atoms. The van der Waals surface area contributed by atoms with Crippen molar-refractivity contribution in [1.82, 2.24) is 4.57 Å². The Morgan fingerprint density at radius 1 is 1.27 bits per heavy atom. The summed E-state index contributed by atoms with van der Waals surface area (Å²) in [5.41, 5.74) is 0. The molecule has 0 spiro atoms. The number of pyridine rings is 1. The van der Waals surface area contributed by atoms with Crippen molar-refractivity contribution in [1.29, 1.82) is 0 Å². The van der Waals surface area contributed by atoms with Gasteiger partial charge in [0.2, 0.25) is 0 Å². The quantitative estimate of drug-likeness (QED) is 0.574. The number of rotatable bonds is 1. The number of hydrogen-bond acceptors (Lipinski definition) is 1. The van der Waals surface area contributed by atoms with Gasteiger partial charge in [0.15, 0.2) is 0 Å². The maximum atomic E-state index is 4.39. The van der Waals surface area contributed by atoms with E-state index < -0.39 is 0 Å². The van der Waals surface area contributed by atoms with Gasteiger partial charge in [-0.15, -0.1) is 0 Å². The van der Waals surface area contributed by atoms with E-state index in [4.69, 9.17) is 0 Å². The number of nitrogens with zero attached hydrogens (tertiary/aromatic N) is 2. The molecule has 0 saturated heterocycles. The van der Waals surface area contributed by atoms with Crippen molar-refractivity contribution in [2.45, 2.75) is 19.9 Å². The third-order valence-electron chi connectivity index (χ3n) is 1.37. The summed E-state index contributed by atoms with van der Waals surface area (Å²) < 4.78 is 2.00. The normalized spacial score (nSPS) is 10.2. The molecule has 0 unspecified atom stereocenters. The molecule has 0 bridgehead atoms. The van der Waals surface area contributed by atoms with E-state index in [1.54, 1.807) is 0 Å². The predicted octanol–water partition coefficient (Wildman–Crippen LogP) is 1.33. The Hall–Kier alpha value is -1.05. The van der Waals surface area contributed by atoms with Gasteiger partial charge in [-0.05, 0) is 26.0 Å². The Balaban J connectivity index is 2.98. The summed E-state index contributed by atoms with van der Waals surface area (Å²) in [6.45, 7) is 4.15. The summed E-state index contributed by atoms with van der Waals surface area (Å²) >= 11 is 0. The second-order valence-corrected chi connectivity index (χ2v) is 2.94. The zero-order chi connectivity index (χ0) is 8.27. The highest BCUT2D eigenvalue weighted by Gasteiger charge is 1.84. The first-order valence-electron chi connectivity index (χ1n) is 3.84. The van der Waals surface area contributed by atoms with E-state index in [0.717, 1.165) is 5.36 Å². The SMILES string of the molecule is CC(C)N=c1ccn(C)cc1. The molecule has 60 valence electrons. The first-order chi connectivity index (χ1) is 5.18. The maximum Gasteiger partial charge on any atom is 0.0606 e. The number of aromatic nitrogens is 1.